The number of benzene rings is 3. The fourth-order valence-electron chi connectivity index (χ4n) is 5.36. The number of carbonyl (C=O) groups excluding carboxylic acids is 1. The van der Waals surface area contributed by atoms with Crippen molar-refractivity contribution in [3.63, 3.8) is 0 Å². The summed E-state index contributed by atoms with van der Waals surface area (Å²) in [5, 5.41) is 4.67. The number of hydrogen-bond donors (Lipinski definition) is 0. The second-order valence-electron chi connectivity index (χ2n) is 10.9. The Bertz CT molecular complexity index is 1720. The van der Waals surface area contributed by atoms with Crippen molar-refractivity contribution < 1.29 is 19.0 Å². The van der Waals surface area contributed by atoms with Crippen molar-refractivity contribution in [1.82, 2.24) is 24.5 Å². The molecule has 0 spiro atoms. The number of carbonyl (C=O) groups is 1. The molecule has 1 amide bonds. The molecule has 11 heteroatoms. The zero-order valence-corrected chi connectivity index (χ0v) is 26.1. The topological polar surface area (TPSA) is 97.6 Å². The van der Waals surface area contributed by atoms with Crippen LogP contribution in [-0.2, 0) is 24.4 Å². The summed E-state index contributed by atoms with van der Waals surface area (Å²) in [6.45, 7) is 7.45. The molecule has 46 heavy (non-hydrogen) atoms. The van der Waals surface area contributed by atoms with E-state index in [2.05, 4.69) is 21.5 Å². The Morgan fingerprint density at radius 1 is 0.826 bits per heavy atom. The number of fused-ring (bicyclic) bond motifs is 1. The molecule has 11 nitrogen and oxygen atoms in total. The van der Waals surface area contributed by atoms with E-state index in [0.29, 0.717) is 56.8 Å². The smallest absolute Gasteiger partial charge is 0.410 e. The minimum Gasteiger partial charge on any atom is -0.497 e. The van der Waals surface area contributed by atoms with E-state index in [0.717, 1.165) is 33.8 Å². The molecule has 1 fully saturated rings. The third kappa shape index (κ3) is 6.88. The fraction of sp³-hybridized carbons (Fsp3) is 0.257. The van der Waals surface area contributed by atoms with Crippen LogP contribution in [0.1, 0.15) is 22.3 Å². The van der Waals surface area contributed by atoms with Gasteiger partial charge in [-0.1, -0.05) is 67.3 Å². The van der Waals surface area contributed by atoms with E-state index in [1.54, 1.807) is 35.9 Å². The highest BCUT2D eigenvalue weighted by Crippen LogP contribution is 2.26. The zero-order chi connectivity index (χ0) is 31.9. The summed E-state index contributed by atoms with van der Waals surface area (Å²) in [6, 6.07) is 25.7. The van der Waals surface area contributed by atoms with Crippen LogP contribution >= 0.6 is 0 Å². The Labute approximate surface area is 268 Å². The molecule has 0 radical (unpaired) electrons. The van der Waals surface area contributed by atoms with Crippen molar-refractivity contribution in [1.29, 1.82) is 0 Å². The Balaban J connectivity index is 1.27. The van der Waals surface area contributed by atoms with Gasteiger partial charge in [-0.05, 0) is 41.0 Å². The molecule has 0 unspecified atom stereocenters. The van der Waals surface area contributed by atoms with Crippen LogP contribution < -0.4 is 19.3 Å². The second-order valence-corrected chi connectivity index (χ2v) is 10.9. The molecular formula is C35H37N7O4. The normalized spacial score (nSPS) is 13.0. The average molecular weight is 620 g/mol. The third-order valence-corrected chi connectivity index (χ3v) is 7.96. The monoisotopic (exact) mass is 619 g/mol. The number of amides is 1. The van der Waals surface area contributed by atoms with Gasteiger partial charge in [-0.3, -0.25) is 0 Å². The van der Waals surface area contributed by atoms with Crippen molar-refractivity contribution in [3.05, 3.63) is 114 Å². The molecule has 236 valence electrons. The van der Waals surface area contributed by atoms with Crippen LogP contribution in [0.25, 0.3) is 11.7 Å². The van der Waals surface area contributed by atoms with E-state index in [1.165, 1.54) is 0 Å². The fourth-order valence-corrected chi connectivity index (χ4v) is 5.36. The first-order valence-electron chi connectivity index (χ1n) is 15.1. The minimum absolute atomic E-state index is 0.243. The first-order valence-corrected chi connectivity index (χ1v) is 15.1. The van der Waals surface area contributed by atoms with Gasteiger partial charge < -0.3 is 28.9 Å². The average Bonchev–Trinajstić information content (AvgIpc) is 3.54. The number of nitrogens with zero attached hydrogens (tertiary/aromatic N) is 7. The molecule has 0 saturated carbocycles. The van der Waals surface area contributed by atoms with Crippen molar-refractivity contribution in [2.24, 2.45) is 0 Å². The minimum atomic E-state index is -0.324. The second kappa shape index (κ2) is 14.0. The van der Waals surface area contributed by atoms with Gasteiger partial charge >= 0.3 is 6.09 Å². The molecule has 3 heterocycles. The predicted octanol–water partition coefficient (Wildman–Crippen LogP) is 5.45. The SMILES string of the molecule is C=Cc1cnn2c(N(Cc3ccc(OC)cc3)Cc3ccc(OC)cc3)nc(N3CCN(C(=O)OCc4ccccc4)CC3)nc12. The summed E-state index contributed by atoms with van der Waals surface area (Å²) in [4.78, 5) is 28.9. The van der Waals surface area contributed by atoms with Gasteiger partial charge in [0.1, 0.15) is 18.1 Å². The number of aromatic nitrogens is 4. The molecule has 1 saturated heterocycles. The van der Waals surface area contributed by atoms with E-state index < -0.39 is 0 Å². The zero-order valence-electron chi connectivity index (χ0n) is 26.1. The van der Waals surface area contributed by atoms with E-state index in [-0.39, 0.29) is 12.7 Å². The van der Waals surface area contributed by atoms with Crippen molar-refractivity contribution in [3.8, 4) is 11.5 Å². The molecule has 6 rings (SSSR count). The van der Waals surface area contributed by atoms with Gasteiger partial charge in [0.2, 0.25) is 11.9 Å². The largest absolute Gasteiger partial charge is 0.497 e. The van der Waals surface area contributed by atoms with Crippen LogP contribution in [-0.4, -0.2) is 71.0 Å². The number of piperazine rings is 1. The molecular weight excluding hydrogens is 582 g/mol. The molecule has 2 aromatic heterocycles. The van der Waals surface area contributed by atoms with Gasteiger partial charge in [-0.2, -0.15) is 19.6 Å². The van der Waals surface area contributed by atoms with Crippen molar-refractivity contribution in [2.75, 3.05) is 50.2 Å². The van der Waals surface area contributed by atoms with Crippen LogP contribution in [0.3, 0.4) is 0 Å². The maximum atomic E-state index is 12.8. The van der Waals surface area contributed by atoms with Gasteiger partial charge in [0.25, 0.3) is 0 Å². The van der Waals surface area contributed by atoms with Crippen LogP contribution in [0, 0.1) is 0 Å². The Morgan fingerprint density at radius 3 is 2.00 bits per heavy atom. The van der Waals surface area contributed by atoms with E-state index in [4.69, 9.17) is 24.2 Å². The summed E-state index contributed by atoms with van der Waals surface area (Å²) in [6.07, 6.45) is 3.18. The number of methoxy groups -OCH3 is 2. The lowest BCUT2D eigenvalue weighted by Crippen LogP contribution is -2.49. The number of anilines is 2. The highest BCUT2D eigenvalue weighted by Gasteiger charge is 2.26. The Morgan fingerprint density at radius 2 is 1.43 bits per heavy atom. The maximum absolute atomic E-state index is 12.8. The maximum Gasteiger partial charge on any atom is 0.410 e. The lowest BCUT2D eigenvalue weighted by atomic mass is 10.1. The van der Waals surface area contributed by atoms with Gasteiger partial charge in [0, 0.05) is 44.8 Å². The number of hydrogen-bond acceptors (Lipinski definition) is 9. The summed E-state index contributed by atoms with van der Waals surface area (Å²) < 4.78 is 18.1. The first-order chi connectivity index (χ1) is 22.5. The molecule has 5 aromatic rings. The molecule has 0 bridgehead atoms. The summed E-state index contributed by atoms with van der Waals surface area (Å²) in [7, 11) is 3.32. The number of ether oxygens (including phenoxy) is 3. The van der Waals surface area contributed by atoms with Gasteiger partial charge in [-0.25, -0.2) is 4.79 Å². The lowest BCUT2D eigenvalue weighted by molar-refractivity contribution is 0.0940. The molecule has 0 N–H and O–H groups in total. The molecule has 0 atom stereocenters. The molecule has 0 aliphatic carbocycles. The summed E-state index contributed by atoms with van der Waals surface area (Å²) >= 11 is 0. The van der Waals surface area contributed by atoms with Gasteiger partial charge in [-0.15, -0.1) is 0 Å². The van der Waals surface area contributed by atoms with Gasteiger partial charge in [0.15, 0.2) is 5.65 Å². The Kier molecular flexibility index (Phi) is 9.28. The van der Waals surface area contributed by atoms with Crippen molar-refractivity contribution >= 4 is 29.7 Å². The lowest BCUT2D eigenvalue weighted by Gasteiger charge is -2.34. The standard InChI is InChI=1S/C35H37N7O4/c1-4-29-22-36-42-32(29)37-33(39-18-20-40(21-19-39)35(43)46-25-28-8-6-5-7-9-28)38-34(42)41(23-26-10-14-30(44-2)15-11-26)24-27-12-16-31(45-3)17-13-27/h4-17,22H,1,18-21,23-25H2,2-3H3. The van der Waals surface area contributed by atoms with Crippen molar-refractivity contribution in [2.45, 2.75) is 19.7 Å². The van der Waals surface area contributed by atoms with Crippen LogP contribution in [0.2, 0.25) is 0 Å². The predicted molar refractivity (Wildman–Crippen MR) is 177 cm³/mol. The highest BCUT2D eigenvalue weighted by atomic mass is 16.6. The Hall–Kier alpha value is -5.58. The van der Waals surface area contributed by atoms with E-state index in [1.807, 2.05) is 78.9 Å². The third-order valence-electron chi connectivity index (χ3n) is 7.96. The number of rotatable bonds is 11. The highest BCUT2D eigenvalue weighted by molar-refractivity contribution is 5.69. The summed E-state index contributed by atoms with van der Waals surface area (Å²) in [5.41, 5.74) is 4.59. The van der Waals surface area contributed by atoms with Crippen LogP contribution in [0.4, 0.5) is 16.7 Å². The quantitative estimate of drug-likeness (QED) is 0.191. The first kappa shape index (κ1) is 30.4. The van der Waals surface area contributed by atoms with Crippen LogP contribution in [0.15, 0.2) is 91.6 Å². The molecule has 1 aliphatic heterocycles. The molecule has 1 aliphatic rings. The van der Waals surface area contributed by atoms with E-state index in [9.17, 15) is 4.79 Å². The van der Waals surface area contributed by atoms with Crippen LogP contribution in [0.5, 0.6) is 11.5 Å². The summed E-state index contributed by atoms with van der Waals surface area (Å²) in [5.74, 6) is 2.80. The molecule has 3 aromatic carbocycles. The van der Waals surface area contributed by atoms with E-state index >= 15 is 0 Å². The van der Waals surface area contributed by atoms with Gasteiger partial charge in [0.05, 0.1) is 20.4 Å².